The van der Waals surface area contributed by atoms with Gasteiger partial charge in [0.05, 0.1) is 0 Å². The molecule has 0 bridgehead atoms. The first-order valence-corrected chi connectivity index (χ1v) is 10.1. The number of anilines is 1. The van der Waals surface area contributed by atoms with Crippen LogP contribution < -0.4 is 4.90 Å². The molecular weight excluding hydrogens is 322 g/mol. The highest BCUT2D eigenvalue weighted by Gasteiger charge is 2.21. The Kier molecular flexibility index (Phi) is 5.44. The molecule has 0 N–H and O–H groups in total. The first-order valence-electron chi connectivity index (χ1n) is 10.1. The fourth-order valence-electron chi connectivity index (χ4n) is 4.08. The highest BCUT2D eigenvalue weighted by Crippen LogP contribution is 2.25. The summed E-state index contributed by atoms with van der Waals surface area (Å²) in [6.07, 6.45) is 11.0. The number of fused-ring (bicyclic) bond motifs is 1. The van der Waals surface area contributed by atoms with Gasteiger partial charge >= 0.3 is 0 Å². The van der Waals surface area contributed by atoms with E-state index in [1.165, 1.54) is 41.9 Å². The number of piperidine rings is 1. The van der Waals surface area contributed by atoms with Gasteiger partial charge in [-0.2, -0.15) is 0 Å². The minimum atomic E-state index is 0.941. The van der Waals surface area contributed by atoms with E-state index in [1.54, 1.807) is 0 Å². The lowest BCUT2D eigenvalue weighted by atomic mass is 10.1. The van der Waals surface area contributed by atoms with Crippen LogP contribution in [-0.2, 0) is 25.9 Å². The molecule has 5 heteroatoms. The molecule has 0 radical (unpaired) electrons. The average molecular weight is 351 g/mol. The number of rotatable bonds is 5. The number of hydrogen-bond donors (Lipinski definition) is 0. The van der Waals surface area contributed by atoms with E-state index in [4.69, 9.17) is 9.97 Å². The molecule has 0 amide bonds. The first kappa shape index (κ1) is 17.4. The summed E-state index contributed by atoms with van der Waals surface area (Å²) in [5.74, 6) is 2.19. The number of pyridine rings is 1. The van der Waals surface area contributed by atoms with Crippen molar-refractivity contribution in [2.75, 3.05) is 24.5 Å². The zero-order valence-electron chi connectivity index (χ0n) is 15.8. The molecule has 0 aliphatic carbocycles. The Balaban J connectivity index is 1.47. The van der Waals surface area contributed by atoms with Crippen molar-refractivity contribution in [3.05, 3.63) is 47.2 Å². The van der Waals surface area contributed by atoms with E-state index in [9.17, 15) is 0 Å². The summed E-state index contributed by atoms with van der Waals surface area (Å²) in [6.45, 7) is 7.41. The van der Waals surface area contributed by atoms with Crippen molar-refractivity contribution in [2.45, 2.75) is 58.5 Å². The Morgan fingerprint density at radius 3 is 2.81 bits per heavy atom. The van der Waals surface area contributed by atoms with Gasteiger partial charge in [-0.1, -0.05) is 13.0 Å². The third-order valence-corrected chi connectivity index (χ3v) is 5.45. The summed E-state index contributed by atoms with van der Waals surface area (Å²) in [5, 5.41) is 0. The monoisotopic (exact) mass is 351 g/mol. The van der Waals surface area contributed by atoms with Crippen LogP contribution in [0, 0.1) is 0 Å². The van der Waals surface area contributed by atoms with Crippen LogP contribution in [0.25, 0.3) is 0 Å². The summed E-state index contributed by atoms with van der Waals surface area (Å²) in [4.78, 5) is 19.0. The van der Waals surface area contributed by atoms with Crippen LogP contribution in [0.15, 0.2) is 24.5 Å². The average Bonchev–Trinajstić information content (AvgIpc) is 2.69. The molecule has 4 heterocycles. The Bertz CT molecular complexity index is 739. The van der Waals surface area contributed by atoms with E-state index in [2.05, 4.69) is 33.8 Å². The minimum Gasteiger partial charge on any atom is -0.356 e. The molecule has 0 saturated carbocycles. The highest BCUT2D eigenvalue weighted by atomic mass is 15.2. The standard InChI is InChI=1S/C21H29N5/c1-2-7-20-23-14-18-16-25(13-9-19(18)24-20)15-17-8-6-10-22-21(17)26-11-4-3-5-12-26/h6,8,10,14H,2-5,7,9,11-13,15-16H2,1H3. The van der Waals surface area contributed by atoms with E-state index in [0.717, 1.165) is 57.8 Å². The van der Waals surface area contributed by atoms with Crippen LogP contribution in [0.4, 0.5) is 5.82 Å². The molecule has 0 aromatic carbocycles. The number of nitrogens with zero attached hydrogens (tertiary/aromatic N) is 5. The zero-order chi connectivity index (χ0) is 17.8. The van der Waals surface area contributed by atoms with Crippen molar-refractivity contribution >= 4 is 5.82 Å². The number of aromatic nitrogens is 3. The van der Waals surface area contributed by atoms with Gasteiger partial charge in [-0.25, -0.2) is 15.0 Å². The zero-order valence-corrected chi connectivity index (χ0v) is 15.8. The van der Waals surface area contributed by atoms with Crippen LogP contribution >= 0.6 is 0 Å². The molecule has 0 unspecified atom stereocenters. The van der Waals surface area contributed by atoms with Crippen LogP contribution in [0.2, 0.25) is 0 Å². The second-order valence-corrected chi connectivity index (χ2v) is 7.50. The maximum atomic E-state index is 4.78. The molecule has 2 aromatic heterocycles. The van der Waals surface area contributed by atoms with E-state index >= 15 is 0 Å². The van der Waals surface area contributed by atoms with Crippen LogP contribution in [0.1, 0.15) is 55.3 Å². The minimum absolute atomic E-state index is 0.941. The molecule has 2 aromatic rings. The van der Waals surface area contributed by atoms with Gasteiger partial charge < -0.3 is 4.90 Å². The first-order chi connectivity index (χ1) is 12.8. The quantitative estimate of drug-likeness (QED) is 0.826. The van der Waals surface area contributed by atoms with E-state index in [1.807, 2.05) is 12.4 Å². The van der Waals surface area contributed by atoms with E-state index in [0.29, 0.717) is 0 Å². The molecule has 0 atom stereocenters. The molecule has 26 heavy (non-hydrogen) atoms. The SMILES string of the molecule is CCCc1ncc2c(n1)CCN(Cc1cccnc1N1CCCCC1)C2. The predicted molar refractivity (Wildman–Crippen MR) is 104 cm³/mol. The van der Waals surface area contributed by atoms with Gasteiger partial charge in [-0.05, 0) is 31.7 Å². The van der Waals surface area contributed by atoms with Gasteiger partial charge in [0.2, 0.25) is 0 Å². The Hall–Kier alpha value is -2.01. The maximum Gasteiger partial charge on any atom is 0.133 e. The van der Waals surface area contributed by atoms with Crippen LogP contribution in [-0.4, -0.2) is 39.5 Å². The lowest BCUT2D eigenvalue weighted by molar-refractivity contribution is 0.242. The summed E-state index contributed by atoms with van der Waals surface area (Å²) < 4.78 is 0. The van der Waals surface area contributed by atoms with E-state index < -0.39 is 0 Å². The molecule has 5 nitrogen and oxygen atoms in total. The van der Waals surface area contributed by atoms with Crippen molar-refractivity contribution < 1.29 is 0 Å². The van der Waals surface area contributed by atoms with Gasteiger partial charge in [0.25, 0.3) is 0 Å². The van der Waals surface area contributed by atoms with Gasteiger partial charge in [0.1, 0.15) is 11.6 Å². The highest BCUT2D eigenvalue weighted by molar-refractivity contribution is 5.47. The number of aryl methyl sites for hydroxylation is 1. The summed E-state index contributed by atoms with van der Waals surface area (Å²) >= 11 is 0. The third kappa shape index (κ3) is 3.88. The lowest BCUT2D eigenvalue weighted by Crippen LogP contribution is -2.34. The summed E-state index contributed by atoms with van der Waals surface area (Å²) in [6, 6.07) is 4.31. The van der Waals surface area contributed by atoms with Gasteiger partial charge in [-0.3, -0.25) is 4.90 Å². The van der Waals surface area contributed by atoms with Gasteiger partial charge in [0, 0.05) is 74.8 Å². The van der Waals surface area contributed by atoms with Crippen LogP contribution in [0.5, 0.6) is 0 Å². The van der Waals surface area contributed by atoms with Crippen LogP contribution in [0.3, 0.4) is 0 Å². The molecule has 0 spiro atoms. The second kappa shape index (κ2) is 8.12. The molecule has 1 saturated heterocycles. The Morgan fingerprint density at radius 2 is 1.96 bits per heavy atom. The molecular formula is C21H29N5. The maximum absolute atomic E-state index is 4.78. The third-order valence-electron chi connectivity index (χ3n) is 5.45. The molecule has 138 valence electrons. The molecule has 2 aliphatic heterocycles. The molecule has 4 rings (SSSR count). The fourth-order valence-corrected chi connectivity index (χ4v) is 4.08. The summed E-state index contributed by atoms with van der Waals surface area (Å²) in [5.41, 5.74) is 3.89. The summed E-state index contributed by atoms with van der Waals surface area (Å²) in [7, 11) is 0. The molecule has 2 aliphatic rings. The van der Waals surface area contributed by atoms with E-state index in [-0.39, 0.29) is 0 Å². The topological polar surface area (TPSA) is 45.2 Å². The van der Waals surface area contributed by atoms with Crippen molar-refractivity contribution in [1.29, 1.82) is 0 Å². The Labute approximate surface area is 156 Å². The van der Waals surface area contributed by atoms with Crippen molar-refractivity contribution in [3.63, 3.8) is 0 Å². The lowest BCUT2D eigenvalue weighted by Gasteiger charge is -2.32. The normalized spacial score (nSPS) is 18.0. The van der Waals surface area contributed by atoms with Gasteiger partial charge in [0.15, 0.2) is 0 Å². The Morgan fingerprint density at radius 1 is 1.08 bits per heavy atom. The largest absolute Gasteiger partial charge is 0.356 e. The van der Waals surface area contributed by atoms with Crippen molar-refractivity contribution in [2.24, 2.45) is 0 Å². The molecule has 1 fully saturated rings. The predicted octanol–water partition coefficient (Wildman–Crippen LogP) is 3.37. The second-order valence-electron chi connectivity index (χ2n) is 7.50. The number of hydrogen-bond acceptors (Lipinski definition) is 5. The van der Waals surface area contributed by atoms with Gasteiger partial charge in [-0.15, -0.1) is 0 Å². The van der Waals surface area contributed by atoms with Crippen molar-refractivity contribution in [1.82, 2.24) is 19.9 Å². The smallest absolute Gasteiger partial charge is 0.133 e. The fraction of sp³-hybridized carbons (Fsp3) is 0.571. The van der Waals surface area contributed by atoms with Crippen molar-refractivity contribution in [3.8, 4) is 0 Å².